The fraction of sp³-hybridized carbons (Fsp3) is 0.0370. The number of para-hydroxylation sites is 2. The van der Waals surface area contributed by atoms with Crippen molar-refractivity contribution in [3.63, 3.8) is 0 Å². The highest BCUT2D eigenvalue weighted by Gasteiger charge is 2.46. The van der Waals surface area contributed by atoms with Gasteiger partial charge in [-0.05, 0) is 82.1 Å². The molecule has 56 heavy (non-hydrogen) atoms. The van der Waals surface area contributed by atoms with Crippen molar-refractivity contribution < 1.29 is 4.42 Å². The molecule has 1 unspecified atom stereocenters. The van der Waals surface area contributed by atoms with Crippen LogP contribution in [-0.2, 0) is 5.41 Å². The van der Waals surface area contributed by atoms with Crippen LogP contribution in [0.3, 0.4) is 0 Å². The summed E-state index contributed by atoms with van der Waals surface area (Å²) in [5.74, 6) is 0. The molecule has 1 aliphatic rings. The molecule has 10 rings (SSSR count). The van der Waals surface area contributed by atoms with Crippen molar-refractivity contribution in [3.05, 3.63) is 235 Å². The molecule has 0 radical (unpaired) electrons. The quantitative estimate of drug-likeness (QED) is 0.146. The number of allylic oxidation sites excluding steroid dienone is 5. The number of rotatable bonds is 8. The lowest BCUT2D eigenvalue weighted by molar-refractivity contribution is 0.670. The Kier molecular flexibility index (Phi) is 8.12. The Hall–Kier alpha value is -7.16. The van der Waals surface area contributed by atoms with Gasteiger partial charge in [-0.2, -0.15) is 0 Å². The Balaban J connectivity index is 1.19. The molecule has 1 atom stereocenters. The van der Waals surface area contributed by atoms with Crippen LogP contribution in [0, 0.1) is 0 Å². The Morgan fingerprint density at radius 1 is 0.554 bits per heavy atom. The Morgan fingerprint density at radius 3 is 2.07 bits per heavy atom. The zero-order chi connectivity index (χ0) is 37.6. The van der Waals surface area contributed by atoms with Crippen molar-refractivity contribution in [2.45, 2.75) is 12.3 Å². The number of anilines is 3. The number of furan rings is 1. The van der Waals surface area contributed by atoms with Crippen LogP contribution in [0.4, 0.5) is 17.1 Å². The van der Waals surface area contributed by atoms with E-state index in [1.807, 2.05) is 24.3 Å². The molecule has 0 amide bonds. The van der Waals surface area contributed by atoms with E-state index in [1.54, 1.807) is 0 Å². The second-order valence-electron chi connectivity index (χ2n) is 14.5. The van der Waals surface area contributed by atoms with Gasteiger partial charge in [-0.3, -0.25) is 0 Å². The van der Waals surface area contributed by atoms with Gasteiger partial charge in [0.05, 0.1) is 11.1 Å². The van der Waals surface area contributed by atoms with E-state index in [0.717, 1.165) is 50.1 Å². The van der Waals surface area contributed by atoms with E-state index in [2.05, 4.69) is 200 Å². The lowest BCUT2D eigenvalue weighted by Gasteiger charge is -2.35. The summed E-state index contributed by atoms with van der Waals surface area (Å²) in [5.41, 5.74) is 14.3. The zero-order valence-corrected chi connectivity index (χ0v) is 31.2. The van der Waals surface area contributed by atoms with Crippen molar-refractivity contribution in [2.75, 3.05) is 4.90 Å². The van der Waals surface area contributed by atoms with Crippen LogP contribution in [0.1, 0.15) is 23.6 Å². The maximum atomic E-state index is 6.45. The third kappa shape index (κ3) is 5.18. The molecule has 2 heteroatoms. The summed E-state index contributed by atoms with van der Waals surface area (Å²) >= 11 is 0. The monoisotopic (exact) mass is 717 g/mol. The van der Waals surface area contributed by atoms with Gasteiger partial charge in [-0.25, -0.2) is 0 Å². The first kappa shape index (κ1) is 33.4. The molecule has 0 aliphatic heterocycles. The van der Waals surface area contributed by atoms with Crippen LogP contribution in [0.25, 0.3) is 55.0 Å². The van der Waals surface area contributed by atoms with Crippen molar-refractivity contribution in [3.8, 4) is 22.3 Å². The Labute approximate surface area is 327 Å². The average Bonchev–Trinajstić information content (AvgIpc) is 3.78. The minimum Gasteiger partial charge on any atom is -0.455 e. The summed E-state index contributed by atoms with van der Waals surface area (Å²) in [4.78, 5) is 2.42. The zero-order valence-electron chi connectivity index (χ0n) is 31.2. The molecule has 1 heterocycles. The van der Waals surface area contributed by atoms with Crippen LogP contribution >= 0.6 is 0 Å². The van der Waals surface area contributed by atoms with E-state index in [1.165, 1.54) is 44.2 Å². The third-order valence-electron chi connectivity index (χ3n) is 11.5. The number of fused-ring (bicyclic) bond motifs is 7. The summed E-state index contributed by atoms with van der Waals surface area (Å²) in [7, 11) is 0. The van der Waals surface area contributed by atoms with Gasteiger partial charge in [-0.1, -0.05) is 182 Å². The van der Waals surface area contributed by atoms with E-state index in [4.69, 9.17) is 4.42 Å². The molecule has 0 N–H and O–H groups in total. The smallest absolute Gasteiger partial charge is 0.143 e. The predicted octanol–water partition coefficient (Wildman–Crippen LogP) is 14.9. The summed E-state index contributed by atoms with van der Waals surface area (Å²) in [5, 5.41) is 4.65. The van der Waals surface area contributed by atoms with Crippen molar-refractivity contribution in [1.82, 2.24) is 0 Å². The molecule has 1 aromatic heterocycles. The molecular formula is C54H39NO. The summed E-state index contributed by atoms with van der Waals surface area (Å²) in [6, 6.07) is 65.8. The van der Waals surface area contributed by atoms with Gasteiger partial charge in [0.25, 0.3) is 0 Å². The minimum atomic E-state index is -0.506. The second kappa shape index (κ2) is 13.6. The summed E-state index contributed by atoms with van der Waals surface area (Å²) < 4.78 is 6.45. The van der Waals surface area contributed by atoms with Crippen molar-refractivity contribution >= 4 is 49.8 Å². The van der Waals surface area contributed by atoms with Gasteiger partial charge in [0, 0.05) is 33.1 Å². The van der Waals surface area contributed by atoms with Crippen LogP contribution < -0.4 is 4.90 Å². The highest BCUT2D eigenvalue weighted by atomic mass is 16.3. The van der Waals surface area contributed by atoms with E-state index < -0.39 is 5.41 Å². The fourth-order valence-electron chi connectivity index (χ4n) is 9.06. The lowest BCUT2D eigenvalue weighted by Crippen LogP contribution is -2.28. The number of hydrogen-bond acceptors (Lipinski definition) is 2. The standard InChI is InChI=1S/C54H39NO/c1-3-4-6-17-37(2)54(40-20-7-5-8-21-40)49-27-13-11-23-45(49)46-35-34-42(36-50(46)54)55(51-28-15-19-38-18-9-10-22-43(38)51)41-32-30-39(31-33-41)44-25-16-26-48-47-24-12-14-29-52(47)56-53(44)48/h3-36H,1H2,2H3/b6-4-,37-17+. The number of hydrogen-bond donors (Lipinski definition) is 0. The molecular weight excluding hydrogens is 679 g/mol. The summed E-state index contributed by atoms with van der Waals surface area (Å²) in [6.45, 7) is 6.20. The highest BCUT2D eigenvalue weighted by Crippen LogP contribution is 2.57. The number of nitrogens with zero attached hydrogens (tertiary/aromatic N) is 1. The normalized spacial score (nSPS) is 15.1. The third-order valence-corrected chi connectivity index (χ3v) is 11.5. The molecule has 2 nitrogen and oxygen atoms in total. The lowest BCUT2D eigenvalue weighted by atomic mass is 9.67. The van der Waals surface area contributed by atoms with Gasteiger partial charge < -0.3 is 9.32 Å². The molecule has 0 saturated carbocycles. The highest BCUT2D eigenvalue weighted by molar-refractivity contribution is 6.09. The van der Waals surface area contributed by atoms with Gasteiger partial charge in [0.2, 0.25) is 0 Å². The molecule has 8 aromatic carbocycles. The first-order valence-electron chi connectivity index (χ1n) is 19.2. The summed E-state index contributed by atoms with van der Waals surface area (Å²) in [6.07, 6.45) is 8.18. The molecule has 0 bridgehead atoms. The molecule has 0 saturated heterocycles. The topological polar surface area (TPSA) is 16.4 Å². The van der Waals surface area contributed by atoms with Crippen LogP contribution in [0.5, 0.6) is 0 Å². The fourth-order valence-corrected chi connectivity index (χ4v) is 9.06. The largest absolute Gasteiger partial charge is 0.455 e. The van der Waals surface area contributed by atoms with Gasteiger partial charge in [0.15, 0.2) is 0 Å². The maximum Gasteiger partial charge on any atom is 0.143 e. The van der Waals surface area contributed by atoms with Crippen LogP contribution in [0.15, 0.2) is 223 Å². The first-order chi connectivity index (χ1) is 27.7. The van der Waals surface area contributed by atoms with E-state index >= 15 is 0 Å². The predicted molar refractivity (Wildman–Crippen MR) is 236 cm³/mol. The molecule has 1 aliphatic carbocycles. The van der Waals surface area contributed by atoms with Crippen molar-refractivity contribution in [1.29, 1.82) is 0 Å². The maximum absolute atomic E-state index is 6.45. The minimum absolute atomic E-state index is 0.506. The Bertz CT molecular complexity index is 3000. The molecule has 266 valence electrons. The van der Waals surface area contributed by atoms with E-state index in [-0.39, 0.29) is 0 Å². The van der Waals surface area contributed by atoms with Gasteiger partial charge >= 0.3 is 0 Å². The van der Waals surface area contributed by atoms with E-state index in [9.17, 15) is 0 Å². The van der Waals surface area contributed by atoms with Crippen LogP contribution in [0.2, 0.25) is 0 Å². The molecule has 0 spiro atoms. The van der Waals surface area contributed by atoms with Gasteiger partial charge in [0.1, 0.15) is 11.2 Å². The van der Waals surface area contributed by atoms with Gasteiger partial charge in [-0.15, -0.1) is 0 Å². The number of benzene rings is 8. The first-order valence-corrected chi connectivity index (χ1v) is 19.2. The van der Waals surface area contributed by atoms with Crippen LogP contribution in [-0.4, -0.2) is 0 Å². The van der Waals surface area contributed by atoms with Crippen molar-refractivity contribution in [2.24, 2.45) is 0 Å². The van der Waals surface area contributed by atoms with E-state index in [0.29, 0.717) is 0 Å². The Morgan fingerprint density at radius 2 is 1.21 bits per heavy atom. The molecule has 9 aromatic rings. The SMILES string of the molecule is C=C/C=C\C=C(/C)C1(c2ccccc2)c2ccccc2-c2ccc(N(c3ccc(-c4cccc5c4oc4ccccc45)cc3)c3cccc4ccccc34)cc21. The second-order valence-corrected chi connectivity index (χ2v) is 14.5. The average molecular weight is 718 g/mol. The molecule has 0 fully saturated rings.